The summed E-state index contributed by atoms with van der Waals surface area (Å²) in [6.07, 6.45) is -0.763. The van der Waals surface area contributed by atoms with Gasteiger partial charge in [-0.15, -0.1) is 0 Å². The second-order valence-electron chi connectivity index (χ2n) is 9.70. The highest BCUT2D eigenvalue weighted by Gasteiger charge is 2.28. The number of ether oxygens (including phenoxy) is 1. The molecular weight excluding hydrogens is 497 g/mol. The molecule has 2 aliphatic heterocycles. The van der Waals surface area contributed by atoms with Crippen LogP contribution in [0.1, 0.15) is 60.8 Å². The Morgan fingerprint density at radius 2 is 1.95 bits per heavy atom. The van der Waals surface area contributed by atoms with Crippen LogP contribution in [-0.2, 0) is 11.2 Å². The topological polar surface area (TPSA) is 87.6 Å². The number of nitrogens with zero attached hydrogens (tertiary/aromatic N) is 3. The van der Waals surface area contributed by atoms with E-state index in [2.05, 4.69) is 15.3 Å². The maximum atomic E-state index is 14.9. The first kappa shape index (κ1) is 26.0. The molecule has 0 fully saturated rings. The fraction of sp³-hybridized carbons (Fsp3) is 0.393. The number of hydrogen-bond acceptors (Lipinski definition) is 6. The van der Waals surface area contributed by atoms with Gasteiger partial charge in [0.15, 0.2) is 0 Å². The molecule has 2 aliphatic rings. The number of amides is 1. The van der Waals surface area contributed by atoms with Crippen molar-refractivity contribution < 1.29 is 27.8 Å². The molecule has 0 bridgehead atoms. The molecule has 3 aromatic rings. The van der Waals surface area contributed by atoms with E-state index in [1.54, 1.807) is 18.7 Å². The van der Waals surface area contributed by atoms with Gasteiger partial charge in [-0.25, -0.2) is 23.1 Å². The van der Waals surface area contributed by atoms with Crippen LogP contribution in [-0.4, -0.2) is 51.7 Å². The predicted octanol–water partition coefficient (Wildman–Crippen LogP) is 5.12. The summed E-state index contributed by atoms with van der Waals surface area (Å²) >= 11 is 0. The zero-order chi connectivity index (χ0) is 27.1. The summed E-state index contributed by atoms with van der Waals surface area (Å²) < 4.78 is 47.5. The molecule has 2 aromatic carbocycles. The van der Waals surface area contributed by atoms with Crippen LogP contribution in [0, 0.1) is 12.7 Å². The first-order valence-electron chi connectivity index (χ1n) is 12.6. The van der Waals surface area contributed by atoms with Crippen molar-refractivity contribution in [1.82, 2.24) is 14.9 Å². The number of nitrogens with one attached hydrogen (secondary N) is 1. The van der Waals surface area contributed by atoms with Crippen LogP contribution in [0.3, 0.4) is 0 Å². The molecule has 0 radical (unpaired) electrons. The Labute approximate surface area is 218 Å². The molecular formula is C28H29F3N4O3. The van der Waals surface area contributed by atoms with Crippen molar-refractivity contribution in [3.63, 3.8) is 0 Å². The molecule has 1 amide bonds. The molecule has 10 heteroatoms. The Balaban J connectivity index is 1.56. The average Bonchev–Trinajstić information content (AvgIpc) is 3.38. The average molecular weight is 527 g/mol. The second-order valence-corrected chi connectivity index (χ2v) is 9.70. The van der Waals surface area contributed by atoms with E-state index in [1.807, 2.05) is 12.1 Å². The highest BCUT2D eigenvalue weighted by atomic mass is 19.3. The van der Waals surface area contributed by atoms with Crippen molar-refractivity contribution in [1.29, 1.82) is 0 Å². The van der Waals surface area contributed by atoms with Crippen molar-refractivity contribution >= 4 is 28.2 Å². The fourth-order valence-corrected chi connectivity index (χ4v) is 5.16. The number of halogens is 3. The summed E-state index contributed by atoms with van der Waals surface area (Å²) in [5, 5.41) is 13.6. The number of alkyl halides is 2. The van der Waals surface area contributed by atoms with Crippen molar-refractivity contribution in [3.05, 3.63) is 64.2 Å². The quantitative estimate of drug-likeness (QED) is 0.464. The number of anilines is 1. The molecule has 3 heterocycles. The minimum absolute atomic E-state index is 0.120. The van der Waals surface area contributed by atoms with Gasteiger partial charge in [-0.3, -0.25) is 4.79 Å². The summed E-state index contributed by atoms with van der Waals surface area (Å²) in [6, 6.07) is 5.29. The van der Waals surface area contributed by atoms with Crippen LogP contribution in [0.25, 0.3) is 16.5 Å². The van der Waals surface area contributed by atoms with Gasteiger partial charge in [-0.1, -0.05) is 24.3 Å². The van der Waals surface area contributed by atoms with Crippen LogP contribution < -0.4 is 10.1 Å². The van der Waals surface area contributed by atoms with Crippen LogP contribution in [0.5, 0.6) is 5.75 Å². The molecule has 0 spiro atoms. The highest BCUT2D eigenvalue weighted by Crippen LogP contribution is 2.42. The number of carbonyl (C=O) groups excluding carboxylic acids is 1. The molecule has 0 saturated heterocycles. The fourth-order valence-electron chi connectivity index (χ4n) is 5.16. The zero-order valence-corrected chi connectivity index (χ0v) is 21.4. The number of aromatic nitrogens is 2. The molecule has 200 valence electrons. The van der Waals surface area contributed by atoms with Gasteiger partial charge >= 0.3 is 0 Å². The van der Waals surface area contributed by atoms with Gasteiger partial charge in [0.05, 0.1) is 23.7 Å². The Hall–Kier alpha value is -3.66. The first-order chi connectivity index (χ1) is 18.2. The zero-order valence-electron chi connectivity index (χ0n) is 21.4. The van der Waals surface area contributed by atoms with Crippen LogP contribution in [0.15, 0.2) is 30.3 Å². The predicted molar refractivity (Wildman–Crippen MR) is 138 cm³/mol. The first-order valence-corrected chi connectivity index (χ1v) is 12.6. The minimum atomic E-state index is -2.91. The summed E-state index contributed by atoms with van der Waals surface area (Å²) in [5.74, 6) is 0.496. The third kappa shape index (κ3) is 4.69. The number of aryl methyl sites for hydroxylation is 1. The third-order valence-corrected chi connectivity index (χ3v) is 7.09. The van der Waals surface area contributed by atoms with E-state index in [1.165, 1.54) is 19.1 Å². The number of aliphatic hydroxyl groups excluding tert-OH is 1. The number of hydrogen-bond donors (Lipinski definition) is 2. The van der Waals surface area contributed by atoms with Crippen molar-refractivity contribution in [3.8, 4) is 5.75 Å². The summed E-state index contributed by atoms with van der Waals surface area (Å²) in [6.45, 7) is 6.27. The lowest BCUT2D eigenvalue weighted by Gasteiger charge is -2.28. The van der Waals surface area contributed by atoms with Gasteiger partial charge in [-0.05, 0) is 38.8 Å². The van der Waals surface area contributed by atoms with E-state index < -0.39 is 30.0 Å². The normalized spacial score (nSPS) is 16.7. The van der Waals surface area contributed by atoms with E-state index in [0.29, 0.717) is 44.2 Å². The Bertz CT molecular complexity index is 1440. The SMILES string of the molecule is Cc1nc(N[C@H](C)c2cccc(C(F)F)c2F)c2cc(C3=CCN(C(=O)C(C)O)CC3)c3c(c2n1)CCO3. The lowest BCUT2D eigenvalue weighted by Crippen LogP contribution is -2.40. The molecule has 0 saturated carbocycles. The summed E-state index contributed by atoms with van der Waals surface area (Å²) in [4.78, 5) is 23.1. The highest BCUT2D eigenvalue weighted by molar-refractivity contribution is 5.97. The lowest BCUT2D eigenvalue weighted by molar-refractivity contribution is -0.138. The smallest absolute Gasteiger partial charge is 0.266 e. The van der Waals surface area contributed by atoms with E-state index in [4.69, 9.17) is 4.74 Å². The number of rotatable bonds is 6. The van der Waals surface area contributed by atoms with Gasteiger partial charge in [-0.2, -0.15) is 0 Å². The van der Waals surface area contributed by atoms with Crippen LogP contribution in [0.2, 0.25) is 0 Å². The van der Waals surface area contributed by atoms with Gasteiger partial charge in [0.25, 0.3) is 12.3 Å². The Morgan fingerprint density at radius 1 is 1.18 bits per heavy atom. The van der Waals surface area contributed by atoms with Crippen LogP contribution >= 0.6 is 0 Å². The van der Waals surface area contributed by atoms with Crippen LogP contribution in [0.4, 0.5) is 19.0 Å². The number of fused-ring (bicyclic) bond motifs is 3. The molecule has 38 heavy (non-hydrogen) atoms. The molecule has 2 atom stereocenters. The van der Waals surface area contributed by atoms with E-state index in [0.717, 1.165) is 39.4 Å². The maximum absolute atomic E-state index is 14.9. The molecule has 2 N–H and O–H groups in total. The minimum Gasteiger partial charge on any atom is -0.492 e. The van der Waals surface area contributed by atoms with Gasteiger partial charge in [0.1, 0.15) is 29.3 Å². The largest absolute Gasteiger partial charge is 0.492 e. The standard InChI is InChI=1S/C28H29F3N4O3/c1-14(18-5-4-6-19(23(18)29)26(30)31)32-27-22-13-21(17-7-10-35(11-8-17)28(37)15(2)36)25-20(9-12-38-25)24(22)33-16(3)34-27/h4-7,13-15,26,36H,8-12H2,1-3H3,(H,32,33,34)/t14-,15?/m1/s1. The van der Waals surface area contributed by atoms with E-state index in [9.17, 15) is 23.1 Å². The third-order valence-electron chi connectivity index (χ3n) is 7.09. The lowest BCUT2D eigenvalue weighted by atomic mass is 9.93. The van der Waals surface area contributed by atoms with Crippen molar-refractivity contribution in [2.24, 2.45) is 0 Å². The Kier molecular flexibility index (Phi) is 7.00. The second kappa shape index (κ2) is 10.2. The molecule has 1 aromatic heterocycles. The molecule has 5 rings (SSSR count). The van der Waals surface area contributed by atoms with Gasteiger partial charge in [0.2, 0.25) is 0 Å². The number of benzene rings is 2. The maximum Gasteiger partial charge on any atom is 0.266 e. The van der Waals surface area contributed by atoms with E-state index in [-0.39, 0.29) is 11.5 Å². The number of aliphatic hydroxyl groups is 1. The number of carbonyl (C=O) groups is 1. The molecule has 1 unspecified atom stereocenters. The van der Waals surface area contributed by atoms with Crippen molar-refractivity contribution in [2.45, 2.75) is 52.2 Å². The van der Waals surface area contributed by atoms with Gasteiger partial charge < -0.3 is 20.1 Å². The molecule has 0 aliphatic carbocycles. The Morgan fingerprint density at radius 3 is 2.63 bits per heavy atom. The summed E-state index contributed by atoms with van der Waals surface area (Å²) in [5.41, 5.74) is 3.05. The monoisotopic (exact) mass is 526 g/mol. The molecule has 7 nitrogen and oxygen atoms in total. The summed E-state index contributed by atoms with van der Waals surface area (Å²) in [7, 11) is 0. The van der Waals surface area contributed by atoms with Gasteiger partial charge in [0, 0.05) is 41.6 Å². The van der Waals surface area contributed by atoms with E-state index >= 15 is 0 Å². The van der Waals surface area contributed by atoms with Crippen molar-refractivity contribution in [2.75, 3.05) is 25.0 Å².